The minimum absolute atomic E-state index is 0.113. The fourth-order valence-electron chi connectivity index (χ4n) is 2.63. The molecule has 0 saturated carbocycles. The fourth-order valence-corrected chi connectivity index (χ4v) is 2.63. The van der Waals surface area contributed by atoms with E-state index in [1.54, 1.807) is 7.11 Å². The lowest BCUT2D eigenvalue weighted by Crippen LogP contribution is -2.49. The normalized spacial score (nSPS) is 21.0. The van der Waals surface area contributed by atoms with Crippen molar-refractivity contribution >= 4 is 6.03 Å². The molecule has 1 atom stereocenters. The Balaban J connectivity index is 1.74. The Morgan fingerprint density at radius 2 is 2.21 bits per heavy atom. The fraction of sp³-hybridized carbons (Fsp3) is 0.562. The van der Waals surface area contributed by atoms with E-state index in [4.69, 9.17) is 4.74 Å². The van der Waals surface area contributed by atoms with Crippen molar-refractivity contribution in [1.29, 1.82) is 0 Å². The molecule has 0 aliphatic carbocycles. The molecule has 1 aliphatic rings. The third-order valence-electron chi connectivity index (χ3n) is 4.12. The second-order valence-corrected chi connectivity index (χ2v) is 5.89. The van der Waals surface area contributed by atoms with E-state index in [1.807, 2.05) is 24.3 Å². The summed E-state index contributed by atoms with van der Waals surface area (Å²) in [7, 11) is 1.58. The van der Waals surface area contributed by atoms with Gasteiger partial charge in [0.25, 0.3) is 0 Å². The maximum Gasteiger partial charge on any atom is 0.419 e. The Bertz CT molecular complexity index is 580. The topological polar surface area (TPSA) is 61.8 Å². The molecule has 1 aromatic rings. The van der Waals surface area contributed by atoms with E-state index < -0.39 is 30.8 Å². The number of nitrogens with one attached hydrogen (secondary N) is 1. The molecule has 0 spiro atoms. The number of ether oxygens (including phenoxy) is 1. The summed E-state index contributed by atoms with van der Waals surface area (Å²) in [6, 6.07) is 6.95. The van der Waals surface area contributed by atoms with Gasteiger partial charge in [0.15, 0.2) is 5.60 Å². The molecule has 8 heteroatoms. The van der Waals surface area contributed by atoms with Crippen molar-refractivity contribution in [2.24, 2.45) is 0 Å². The number of amides is 2. The van der Waals surface area contributed by atoms with Gasteiger partial charge in [-0.2, -0.15) is 13.2 Å². The number of hydrogen-bond acceptors (Lipinski definition) is 3. The van der Waals surface area contributed by atoms with Crippen molar-refractivity contribution in [2.45, 2.75) is 31.0 Å². The second kappa shape index (κ2) is 7.29. The first kappa shape index (κ1) is 18.4. The Hall–Kier alpha value is -1.96. The molecule has 1 aromatic carbocycles. The number of β-amino-alcohol motifs (C(OH)–C–C–N with tert-alkyl or cyclic N) is 1. The zero-order valence-corrected chi connectivity index (χ0v) is 13.4. The number of aliphatic hydroxyl groups is 1. The first-order valence-electron chi connectivity index (χ1n) is 7.70. The molecule has 1 heterocycles. The van der Waals surface area contributed by atoms with Crippen LogP contribution in [0.5, 0.6) is 5.75 Å². The molecule has 0 aromatic heterocycles. The molecule has 1 fully saturated rings. The van der Waals surface area contributed by atoms with Crippen LogP contribution >= 0.6 is 0 Å². The van der Waals surface area contributed by atoms with Gasteiger partial charge in [-0.15, -0.1) is 0 Å². The number of aryl methyl sites for hydroxylation is 1. The summed E-state index contributed by atoms with van der Waals surface area (Å²) in [5.41, 5.74) is -1.75. The van der Waals surface area contributed by atoms with Crippen molar-refractivity contribution in [3.05, 3.63) is 29.8 Å². The number of alkyl halides is 3. The zero-order chi connectivity index (χ0) is 17.8. The third kappa shape index (κ3) is 4.31. The highest BCUT2D eigenvalue weighted by Crippen LogP contribution is 2.37. The smallest absolute Gasteiger partial charge is 0.419 e. The summed E-state index contributed by atoms with van der Waals surface area (Å²) < 4.78 is 43.3. The van der Waals surface area contributed by atoms with Crippen molar-refractivity contribution in [1.82, 2.24) is 10.2 Å². The molecule has 1 aliphatic heterocycles. The molecule has 2 amide bonds. The van der Waals surface area contributed by atoms with Gasteiger partial charge in [0.1, 0.15) is 5.75 Å². The van der Waals surface area contributed by atoms with Crippen LogP contribution in [0.15, 0.2) is 24.3 Å². The lowest BCUT2D eigenvalue weighted by atomic mass is 10.0. The van der Waals surface area contributed by atoms with Crippen molar-refractivity contribution in [2.75, 3.05) is 26.7 Å². The van der Waals surface area contributed by atoms with Gasteiger partial charge >= 0.3 is 12.2 Å². The van der Waals surface area contributed by atoms with Crippen LogP contribution in [-0.2, 0) is 6.42 Å². The highest BCUT2D eigenvalue weighted by atomic mass is 19.4. The number of carbonyl (C=O) groups is 1. The van der Waals surface area contributed by atoms with Gasteiger partial charge in [0.05, 0.1) is 13.7 Å². The van der Waals surface area contributed by atoms with E-state index in [0.717, 1.165) is 16.2 Å². The molecule has 5 nitrogen and oxygen atoms in total. The van der Waals surface area contributed by atoms with Crippen LogP contribution in [0, 0.1) is 0 Å². The van der Waals surface area contributed by atoms with Crippen LogP contribution < -0.4 is 10.1 Å². The van der Waals surface area contributed by atoms with E-state index in [1.165, 1.54) is 0 Å². The van der Waals surface area contributed by atoms with Crippen LogP contribution in [0.2, 0.25) is 0 Å². The highest BCUT2D eigenvalue weighted by Gasteiger charge is 2.57. The van der Waals surface area contributed by atoms with E-state index in [0.29, 0.717) is 19.4 Å². The summed E-state index contributed by atoms with van der Waals surface area (Å²) in [6.45, 7) is -0.493. The lowest BCUT2D eigenvalue weighted by molar-refractivity contribution is -0.253. The predicted molar refractivity (Wildman–Crippen MR) is 81.9 cm³/mol. The van der Waals surface area contributed by atoms with E-state index >= 15 is 0 Å². The summed E-state index contributed by atoms with van der Waals surface area (Å²) in [6.07, 6.45) is -3.86. The van der Waals surface area contributed by atoms with Gasteiger partial charge in [0.2, 0.25) is 0 Å². The van der Waals surface area contributed by atoms with Crippen molar-refractivity contribution < 1.29 is 27.8 Å². The second-order valence-electron chi connectivity index (χ2n) is 5.89. The molecule has 1 saturated heterocycles. The Morgan fingerprint density at radius 3 is 2.83 bits per heavy atom. The summed E-state index contributed by atoms with van der Waals surface area (Å²) >= 11 is 0. The minimum Gasteiger partial charge on any atom is -0.497 e. The van der Waals surface area contributed by atoms with Gasteiger partial charge in [0, 0.05) is 19.5 Å². The van der Waals surface area contributed by atoms with E-state index in [2.05, 4.69) is 5.32 Å². The molecular weight excluding hydrogens is 325 g/mol. The molecule has 0 bridgehead atoms. The van der Waals surface area contributed by atoms with Crippen LogP contribution in [0.1, 0.15) is 18.4 Å². The molecule has 2 rings (SSSR count). The summed E-state index contributed by atoms with van der Waals surface area (Å²) in [5, 5.41) is 12.1. The standard InChI is InChI=1S/C16H21F3N2O3/c1-24-13-6-2-4-12(10-13)5-3-8-20-14(22)21-9-7-15(23,11-21)16(17,18)19/h2,4,6,10,23H,3,5,7-9,11H2,1H3,(H,20,22)/t15-/m1/s1. The Kier molecular flexibility index (Phi) is 5.58. The number of nitrogens with zero attached hydrogens (tertiary/aromatic N) is 1. The van der Waals surface area contributed by atoms with Crippen LogP contribution in [-0.4, -0.2) is 54.6 Å². The zero-order valence-electron chi connectivity index (χ0n) is 13.4. The first-order chi connectivity index (χ1) is 11.2. The number of hydrogen-bond donors (Lipinski definition) is 2. The minimum atomic E-state index is -4.73. The molecular formula is C16H21F3N2O3. The Labute approximate surface area is 138 Å². The number of urea groups is 1. The van der Waals surface area contributed by atoms with Crippen LogP contribution in [0.3, 0.4) is 0 Å². The Morgan fingerprint density at radius 1 is 1.46 bits per heavy atom. The van der Waals surface area contributed by atoms with Gasteiger partial charge in [-0.3, -0.25) is 0 Å². The number of methoxy groups -OCH3 is 1. The quantitative estimate of drug-likeness (QED) is 0.805. The maximum atomic E-state index is 12.7. The lowest BCUT2D eigenvalue weighted by Gasteiger charge is -2.25. The van der Waals surface area contributed by atoms with Gasteiger partial charge in [-0.05, 0) is 30.5 Å². The first-order valence-corrected chi connectivity index (χ1v) is 7.70. The average Bonchev–Trinajstić information content (AvgIpc) is 2.95. The molecule has 134 valence electrons. The number of halogens is 3. The summed E-state index contributed by atoms with van der Waals surface area (Å²) in [4.78, 5) is 12.9. The van der Waals surface area contributed by atoms with Crippen molar-refractivity contribution in [3.8, 4) is 5.75 Å². The van der Waals surface area contributed by atoms with Gasteiger partial charge in [-0.1, -0.05) is 12.1 Å². The number of benzene rings is 1. The maximum absolute atomic E-state index is 12.7. The van der Waals surface area contributed by atoms with E-state index in [9.17, 15) is 23.1 Å². The summed E-state index contributed by atoms with van der Waals surface area (Å²) in [5.74, 6) is 0.750. The average molecular weight is 346 g/mol. The van der Waals surface area contributed by atoms with E-state index in [-0.39, 0.29) is 6.54 Å². The molecule has 0 unspecified atom stereocenters. The van der Waals surface area contributed by atoms with Crippen molar-refractivity contribution in [3.63, 3.8) is 0 Å². The third-order valence-corrected chi connectivity index (χ3v) is 4.12. The van der Waals surface area contributed by atoms with Gasteiger partial charge < -0.3 is 20.1 Å². The SMILES string of the molecule is COc1cccc(CCCNC(=O)N2CC[C@](O)(C(F)(F)F)C2)c1. The predicted octanol–water partition coefficient (Wildman–Crippen LogP) is 2.34. The van der Waals surface area contributed by atoms with Crippen LogP contribution in [0.4, 0.5) is 18.0 Å². The molecule has 2 N–H and O–H groups in total. The monoisotopic (exact) mass is 346 g/mol. The number of carbonyl (C=O) groups excluding carboxylic acids is 1. The number of rotatable bonds is 5. The largest absolute Gasteiger partial charge is 0.497 e. The van der Waals surface area contributed by atoms with Gasteiger partial charge in [-0.25, -0.2) is 4.79 Å². The number of likely N-dealkylation sites (tertiary alicyclic amines) is 1. The molecule has 24 heavy (non-hydrogen) atoms. The van der Waals surface area contributed by atoms with Crippen LogP contribution in [0.25, 0.3) is 0 Å². The highest BCUT2D eigenvalue weighted by molar-refractivity contribution is 5.74. The molecule has 0 radical (unpaired) electrons.